The molecule has 0 saturated carbocycles. The van der Waals surface area contributed by atoms with Crippen molar-refractivity contribution >= 4 is 16.0 Å². The minimum atomic E-state index is -3.54. The number of ether oxygens (including phenoxy) is 1. The molecule has 0 unspecified atom stereocenters. The molecule has 0 aliphatic carbocycles. The van der Waals surface area contributed by atoms with Gasteiger partial charge < -0.3 is 9.72 Å². The average molecular weight is 260 g/mol. The lowest BCUT2D eigenvalue weighted by Gasteiger charge is -2.15. The van der Waals surface area contributed by atoms with E-state index in [9.17, 15) is 13.2 Å². The first-order chi connectivity index (χ1) is 7.98. The van der Waals surface area contributed by atoms with Gasteiger partial charge >= 0.3 is 5.97 Å². The van der Waals surface area contributed by atoms with Crippen LogP contribution in [0.15, 0.2) is 23.4 Å². The molecule has 1 rings (SSSR count). The van der Waals surface area contributed by atoms with E-state index < -0.39 is 16.0 Å². The summed E-state index contributed by atoms with van der Waals surface area (Å²) in [6.45, 7) is 2.10. The minimum absolute atomic E-state index is 0.0459. The molecule has 0 atom stereocenters. The standard InChI is InChI=1S/C10H16N2O4S/c1-3-16-10(13)6-8-12(2)17(14,15)9-5-4-7-11-9/h4-5,7,11H,3,6,8H2,1-2H3. The fourth-order valence-corrected chi connectivity index (χ4v) is 2.38. The Hall–Kier alpha value is -1.34. The number of sulfonamides is 1. The second-order valence-corrected chi connectivity index (χ2v) is 5.43. The Morgan fingerprint density at radius 1 is 1.53 bits per heavy atom. The number of carbonyl (C=O) groups is 1. The third kappa shape index (κ3) is 3.57. The van der Waals surface area contributed by atoms with Crippen LogP contribution in [0.1, 0.15) is 13.3 Å². The molecule has 7 heteroatoms. The minimum Gasteiger partial charge on any atom is -0.466 e. The number of hydrogen-bond donors (Lipinski definition) is 1. The summed E-state index contributed by atoms with van der Waals surface area (Å²) in [5.41, 5.74) is 0. The topological polar surface area (TPSA) is 79.5 Å². The van der Waals surface area contributed by atoms with E-state index in [1.807, 2.05) is 0 Å². The predicted molar refractivity (Wildman–Crippen MR) is 61.9 cm³/mol. The van der Waals surface area contributed by atoms with Crippen LogP contribution in [0.4, 0.5) is 0 Å². The molecule has 0 radical (unpaired) electrons. The van der Waals surface area contributed by atoms with Crippen molar-refractivity contribution in [3.05, 3.63) is 18.3 Å². The van der Waals surface area contributed by atoms with Gasteiger partial charge in [0, 0.05) is 19.8 Å². The van der Waals surface area contributed by atoms with Crippen molar-refractivity contribution in [1.82, 2.24) is 9.29 Å². The zero-order valence-electron chi connectivity index (χ0n) is 9.84. The van der Waals surface area contributed by atoms with Crippen LogP contribution in [0.3, 0.4) is 0 Å². The van der Waals surface area contributed by atoms with Gasteiger partial charge in [0.15, 0.2) is 0 Å². The molecule has 1 aromatic rings. The van der Waals surface area contributed by atoms with Gasteiger partial charge in [-0.1, -0.05) is 0 Å². The van der Waals surface area contributed by atoms with Crippen LogP contribution >= 0.6 is 0 Å². The van der Waals surface area contributed by atoms with Gasteiger partial charge in [-0.25, -0.2) is 8.42 Å². The molecular formula is C10H16N2O4S. The number of rotatable bonds is 6. The maximum atomic E-state index is 11.9. The Morgan fingerprint density at radius 2 is 2.24 bits per heavy atom. The molecule has 6 nitrogen and oxygen atoms in total. The molecule has 0 spiro atoms. The van der Waals surface area contributed by atoms with Gasteiger partial charge in [-0.3, -0.25) is 4.79 Å². The quantitative estimate of drug-likeness (QED) is 0.759. The van der Waals surface area contributed by atoms with E-state index >= 15 is 0 Å². The second kappa shape index (κ2) is 5.83. The summed E-state index contributed by atoms with van der Waals surface area (Å²) in [5.74, 6) is -0.402. The summed E-state index contributed by atoms with van der Waals surface area (Å²) in [6.07, 6.45) is 1.58. The third-order valence-corrected chi connectivity index (χ3v) is 4.01. The third-order valence-electron chi connectivity index (χ3n) is 2.19. The predicted octanol–water partition coefficient (Wildman–Crippen LogP) is 0.588. The van der Waals surface area contributed by atoms with Gasteiger partial charge in [-0.05, 0) is 19.1 Å². The van der Waals surface area contributed by atoms with E-state index in [4.69, 9.17) is 4.74 Å². The number of carbonyl (C=O) groups excluding carboxylic acids is 1. The Labute approximate surface area is 101 Å². The van der Waals surface area contributed by atoms with E-state index in [1.165, 1.54) is 19.3 Å². The maximum absolute atomic E-state index is 11.9. The number of nitrogens with zero attached hydrogens (tertiary/aromatic N) is 1. The van der Waals surface area contributed by atoms with E-state index in [2.05, 4.69) is 4.98 Å². The number of hydrogen-bond acceptors (Lipinski definition) is 4. The van der Waals surface area contributed by atoms with Crippen LogP contribution in [0.2, 0.25) is 0 Å². The van der Waals surface area contributed by atoms with Crippen molar-refractivity contribution in [1.29, 1.82) is 0 Å². The molecule has 1 N–H and O–H groups in total. The first kappa shape index (κ1) is 13.7. The fourth-order valence-electron chi connectivity index (χ4n) is 1.24. The molecular weight excluding hydrogens is 244 g/mol. The summed E-state index contributed by atoms with van der Waals surface area (Å²) in [7, 11) is -2.11. The van der Waals surface area contributed by atoms with Gasteiger partial charge in [0.2, 0.25) is 0 Å². The summed E-state index contributed by atoms with van der Waals surface area (Å²) < 4.78 is 29.7. The van der Waals surface area contributed by atoms with E-state index in [0.717, 1.165) is 4.31 Å². The summed E-state index contributed by atoms with van der Waals surface area (Å²) in [6, 6.07) is 3.07. The monoisotopic (exact) mass is 260 g/mol. The largest absolute Gasteiger partial charge is 0.466 e. The lowest BCUT2D eigenvalue weighted by molar-refractivity contribution is -0.143. The molecule has 17 heavy (non-hydrogen) atoms. The average Bonchev–Trinajstić information content (AvgIpc) is 2.80. The van der Waals surface area contributed by atoms with Crippen LogP contribution < -0.4 is 0 Å². The van der Waals surface area contributed by atoms with Crippen LogP contribution in [-0.2, 0) is 19.6 Å². The Balaban J connectivity index is 2.59. The molecule has 0 aromatic carbocycles. The SMILES string of the molecule is CCOC(=O)CCN(C)S(=O)(=O)c1ccc[nH]1. The molecule has 0 amide bonds. The first-order valence-corrected chi connectivity index (χ1v) is 6.68. The maximum Gasteiger partial charge on any atom is 0.307 e. The van der Waals surface area contributed by atoms with Crippen molar-refractivity contribution in [2.24, 2.45) is 0 Å². The van der Waals surface area contributed by atoms with Gasteiger partial charge in [-0.2, -0.15) is 4.31 Å². The van der Waals surface area contributed by atoms with Gasteiger partial charge in [-0.15, -0.1) is 0 Å². The van der Waals surface area contributed by atoms with E-state index in [-0.39, 0.29) is 18.0 Å². The number of esters is 1. The van der Waals surface area contributed by atoms with Gasteiger partial charge in [0.05, 0.1) is 13.0 Å². The van der Waals surface area contributed by atoms with Crippen LogP contribution in [0.25, 0.3) is 0 Å². The van der Waals surface area contributed by atoms with E-state index in [1.54, 1.807) is 13.0 Å². The van der Waals surface area contributed by atoms with Crippen molar-refractivity contribution < 1.29 is 17.9 Å². The lowest BCUT2D eigenvalue weighted by Crippen LogP contribution is -2.29. The molecule has 0 fully saturated rings. The molecule has 0 aliphatic rings. The zero-order chi connectivity index (χ0) is 12.9. The Morgan fingerprint density at radius 3 is 2.76 bits per heavy atom. The van der Waals surface area contributed by atoms with Gasteiger partial charge in [0.1, 0.15) is 5.03 Å². The number of nitrogens with one attached hydrogen (secondary N) is 1. The highest BCUT2D eigenvalue weighted by Crippen LogP contribution is 2.11. The molecule has 0 saturated heterocycles. The highest BCUT2D eigenvalue weighted by Gasteiger charge is 2.21. The molecule has 0 bridgehead atoms. The molecule has 1 aromatic heterocycles. The first-order valence-electron chi connectivity index (χ1n) is 5.24. The summed E-state index contributed by atoms with van der Waals surface area (Å²) >= 11 is 0. The Bertz CT molecular complexity index is 453. The van der Waals surface area contributed by atoms with E-state index in [0.29, 0.717) is 6.61 Å². The normalized spacial score (nSPS) is 11.7. The lowest BCUT2D eigenvalue weighted by atomic mass is 10.4. The number of aromatic amines is 1. The van der Waals surface area contributed by atoms with Crippen molar-refractivity contribution in [2.45, 2.75) is 18.4 Å². The molecule has 96 valence electrons. The molecule has 1 heterocycles. The summed E-state index contributed by atoms with van der Waals surface area (Å²) in [5, 5.41) is 0.115. The smallest absolute Gasteiger partial charge is 0.307 e. The number of H-pyrrole nitrogens is 1. The molecule has 0 aliphatic heterocycles. The van der Waals surface area contributed by atoms with Gasteiger partial charge in [0.25, 0.3) is 10.0 Å². The fraction of sp³-hybridized carbons (Fsp3) is 0.500. The van der Waals surface area contributed by atoms with Crippen molar-refractivity contribution in [2.75, 3.05) is 20.2 Å². The number of aromatic nitrogens is 1. The highest BCUT2D eigenvalue weighted by atomic mass is 32.2. The Kier molecular flexibility index (Phi) is 4.71. The van der Waals surface area contributed by atoms with Crippen LogP contribution in [0, 0.1) is 0 Å². The second-order valence-electron chi connectivity index (χ2n) is 3.42. The van der Waals surface area contributed by atoms with Crippen LogP contribution in [0.5, 0.6) is 0 Å². The van der Waals surface area contributed by atoms with Crippen molar-refractivity contribution in [3.63, 3.8) is 0 Å². The van der Waals surface area contributed by atoms with Crippen molar-refractivity contribution in [3.8, 4) is 0 Å². The zero-order valence-corrected chi connectivity index (χ0v) is 10.7. The summed E-state index contributed by atoms with van der Waals surface area (Å²) in [4.78, 5) is 13.7. The van der Waals surface area contributed by atoms with Crippen LogP contribution in [-0.4, -0.2) is 43.9 Å². The highest BCUT2D eigenvalue weighted by molar-refractivity contribution is 7.89.